The van der Waals surface area contributed by atoms with Gasteiger partial charge in [0.15, 0.2) is 0 Å². The fourth-order valence-corrected chi connectivity index (χ4v) is 2.83. The van der Waals surface area contributed by atoms with E-state index in [1.54, 1.807) is 30.6 Å². The number of pyridine rings is 1. The van der Waals surface area contributed by atoms with Gasteiger partial charge in [-0.15, -0.1) is 6.58 Å². The van der Waals surface area contributed by atoms with Crippen LogP contribution in [0.15, 0.2) is 66.3 Å². The fraction of sp³-hybridized carbons (Fsp3) is 0.125. The predicted molar refractivity (Wildman–Crippen MR) is 87.2 cm³/mol. The third-order valence-electron chi connectivity index (χ3n) is 3.02. The van der Waals surface area contributed by atoms with Gasteiger partial charge in [-0.2, -0.15) is 0 Å². The van der Waals surface area contributed by atoms with Crippen molar-refractivity contribution in [1.82, 2.24) is 15.0 Å². The Morgan fingerprint density at radius 1 is 1.22 bits per heavy atom. The van der Waals surface area contributed by atoms with Crippen LogP contribution in [0.4, 0.5) is 0 Å². The highest BCUT2D eigenvalue weighted by Crippen LogP contribution is 2.11. The van der Waals surface area contributed by atoms with Gasteiger partial charge in [0.2, 0.25) is 10.0 Å². The molecule has 0 radical (unpaired) electrons. The van der Waals surface area contributed by atoms with E-state index in [0.717, 1.165) is 5.56 Å². The van der Waals surface area contributed by atoms with Gasteiger partial charge in [0.25, 0.3) is 5.91 Å². The molecule has 6 nitrogen and oxygen atoms in total. The Bertz CT molecular complexity index is 772. The van der Waals surface area contributed by atoms with E-state index in [1.807, 2.05) is 0 Å². The molecule has 2 N–H and O–H groups in total. The lowest BCUT2D eigenvalue weighted by Crippen LogP contribution is -2.24. The summed E-state index contributed by atoms with van der Waals surface area (Å²) in [6, 6.07) is 9.25. The molecular formula is C16H17N3O3S. The Balaban J connectivity index is 2.05. The van der Waals surface area contributed by atoms with Gasteiger partial charge in [-0.25, -0.2) is 13.1 Å². The van der Waals surface area contributed by atoms with Gasteiger partial charge in [0.05, 0.1) is 4.90 Å². The number of rotatable bonds is 7. The molecule has 0 aliphatic carbocycles. The van der Waals surface area contributed by atoms with Crippen molar-refractivity contribution in [2.45, 2.75) is 11.4 Å². The molecule has 0 unspecified atom stereocenters. The molecule has 7 heteroatoms. The largest absolute Gasteiger partial charge is 0.349 e. The first-order valence-corrected chi connectivity index (χ1v) is 8.39. The number of carbonyl (C=O) groups is 1. The molecule has 1 aromatic heterocycles. The first-order valence-electron chi connectivity index (χ1n) is 6.90. The molecule has 0 saturated carbocycles. The molecule has 2 rings (SSSR count). The molecule has 2 aromatic rings. The highest BCUT2D eigenvalue weighted by Gasteiger charge is 2.14. The van der Waals surface area contributed by atoms with E-state index >= 15 is 0 Å². The Hall–Kier alpha value is -2.51. The predicted octanol–water partition coefficient (Wildman–Crippen LogP) is 1.48. The van der Waals surface area contributed by atoms with Crippen molar-refractivity contribution < 1.29 is 13.2 Å². The maximum absolute atomic E-state index is 12.2. The Morgan fingerprint density at radius 3 is 2.57 bits per heavy atom. The van der Waals surface area contributed by atoms with Crippen molar-refractivity contribution in [2.24, 2.45) is 0 Å². The summed E-state index contributed by atoms with van der Waals surface area (Å²) in [6.45, 7) is 4.01. The van der Waals surface area contributed by atoms with E-state index in [1.165, 1.54) is 24.3 Å². The molecule has 0 fully saturated rings. The molecule has 1 amide bonds. The van der Waals surface area contributed by atoms with E-state index in [4.69, 9.17) is 0 Å². The molecule has 0 bridgehead atoms. The number of aromatic nitrogens is 1. The summed E-state index contributed by atoms with van der Waals surface area (Å²) in [5.74, 6) is -0.280. The van der Waals surface area contributed by atoms with Gasteiger partial charge in [-0.1, -0.05) is 12.1 Å². The van der Waals surface area contributed by atoms with Gasteiger partial charge in [-0.3, -0.25) is 9.78 Å². The van der Waals surface area contributed by atoms with Crippen molar-refractivity contribution in [3.63, 3.8) is 0 Å². The monoisotopic (exact) mass is 331 g/mol. The lowest BCUT2D eigenvalue weighted by molar-refractivity contribution is 0.0958. The number of hydrogen-bond acceptors (Lipinski definition) is 4. The lowest BCUT2D eigenvalue weighted by atomic mass is 10.2. The van der Waals surface area contributed by atoms with Gasteiger partial charge in [-0.05, 0) is 35.9 Å². The first-order chi connectivity index (χ1) is 11.0. The number of nitrogens with zero attached hydrogens (tertiary/aromatic N) is 1. The van der Waals surface area contributed by atoms with Crippen molar-refractivity contribution in [2.75, 3.05) is 6.54 Å². The number of carbonyl (C=O) groups excluding carboxylic acids is 1. The Morgan fingerprint density at radius 2 is 1.96 bits per heavy atom. The van der Waals surface area contributed by atoms with Crippen LogP contribution >= 0.6 is 0 Å². The summed E-state index contributed by atoms with van der Waals surface area (Å²) < 4.78 is 26.9. The van der Waals surface area contributed by atoms with Gasteiger partial charge >= 0.3 is 0 Å². The van der Waals surface area contributed by atoms with Gasteiger partial charge in [0.1, 0.15) is 0 Å². The van der Waals surface area contributed by atoms with Crippen LogP contribution in [0.25, 0.3) is 0 Å². The fourth-order valence-electron chi connectivity index (χ4n) is 1.82. The van der Waals surface area contributed by atoms with E-state index < -0.39 is 10.0 Å². The molecule has 0 atom stereocenters. The standard InChI is InChI=1S/C16H17N3O3S/c1-2-9-18-16(20)14-5-7-15(8-6-14)23(21,22)19-12-13-4-3-10-17-11-13/h2-8,10-11,19H,1,9,12H2,(H,18,20). The molecule has 1 heterocycles. The molecule has 23 heavy (non-hydrogen) atoms. The zero-order chi connectivity index (χ0) is 16.7. The zero-order valence-corrected chi connectivity index (χ0v) is 13.2. The second-order valence-electron chi connectivity index (χ2n) is 4.71. The first kappa shape index (κ1) is 16.9. The highest BCUT2D eigenvalue weighted by atomic mass is 32.2. The highest BCUT2D eigenvalue weighted by molar-refractivity contribution is 7.89. The smallest absolute Gasteiger partial charge is 0.251 e. The molecular weight excluding hydrogens is 314 g/mol. The number of hydrogen-bond donors (Lipinski definition) is 2. The average molecular weight is 331 g/mol. The number of nitrogens with one attached hydrogen (secondary N) is 2. The molecule has 120 valence electrons. The summed E-state index contributed by atoms with van der Waals surface area (Å²) >= 11 is 0. The third-order valence-corrected chi connectivity index (χ3v) is 4.44. The van der Waals surface area contributed by atoms with E-state index in [0.29, 0.717) is 12.1 Å². The molecule has 1 aromatic carbocycles. The Labute approximate surface area is 135 Å². The minimum Gasteiger partial charge on any atom is -0.349 e. The molecule has 0 aliphatic rings. The normalized spacial score (nSPS) is 11.0. The van der Waals surface area contributed by atoms with Crippen LogP contribution in [0.2, 0.25) is 0 Å². The summed E-state index contributed by atoms with van der Waals surface area (Å²) in [6.07, 6.45) is 4.78. The van der Waals surface area contributed by atoms with Gasteiger partial charge in [0, 0.05) is 31.0 Å². The van der Waals surface area contributed by atoms with Crippen LogP contribution in [-0.2, 0) is 16.6 Å². The van der Waals surface area contributed by atoms with E-state index in [9.17, 15) is 13.2 Å². The van der Waals surface area contributed by atoms with Crippen molar-refractivity contribution in [3.05, 3.63) is 72.6 Å². The number of sulfonamides is 1. The summed E-state index contributed by atoms with van der Waals surface area (Å²) in [4.78, 5) is 15.8. The van der Waals surface area contributed by atoms with Crippen LogP contribution < -0.4 is 10.0 Å². The number of benzene rings is 1. The molecule has 0 spiro atoms. The quantitative estimate of drug-likeness (QED) is 0.752. The van der Waals surface area contributed by atoms with Crippen molar-refractivity contribution in [1.29, 1.82) is 0 Å². The summed E-state index contributed by atoms with van der Waals surface area (Å²) in [5, 5.41) is 2.62. The second kappa shape index (κ2) is 7.66. The van der Waals surface area contributed by atoms with E-state index in [-0.39, 0.29) is 17.3 Å². The van der Waals surface area contributed by atoms with Crippen LogP contribution in [0.1, 0.15) is 15.9 Å². The van der Waals surface area contributed by atoms with Gasteiger partial charge < -0.3 is 5.32 Å². The van der Waals surface area contributed by atoms with Crippen LogP contribution in [0.5, 0.6) is 0 Å². The molecule has 0 aliphatic heterocycles. The second-order valence-corrected chi connectivity index (χ2v) is 6.48. The average Bonchev–Trinajstić information content (AvgIpc) is 2.59. The lowest BCUT2D eigenvalue weighted by Gasteiger charge is -2.08. The minimum absolute atomic E-state index is 0.0988. The van der Waals surface area contributed by atoms with Crippen molar-refractivity contribution in [3.8, 4) is 0 Å². The maximum Gasteiger partial charge on any atom is 0.251 e. The third kappa shape index (κ3) is 4.73. The van der Waals surface area contributed by atoms with Crippen LogP contribution in [0.3, 0.4) is 0 Å². The minimum atomic E-state index is -3.64. The van der Waals surface area contributed by atoms with Crippen LogP contribution in [0, 0.1) is 0 Å². The van der Waals surface area contributed by atoms with E-state index in [2.05, 4.69) is 21.6 Å². The number of amides is 1. The zero-order valence-electron chi connectivity index (χ0n) is 12.4. The van der Waals surface area contributed by atoms with Crippen LogP contribution in [-0.4, -0.2) is 25.9 Å². The molecule has 0 saturated heterocycles. The summed E-state index contributed by atoms with van der Waals surface area (Å²) in [7, 11) is -3.64. The SMILES string of the molecule is C=CCNC(=O)c1ccc(S(=O)(=O)NCc2cccnc2)cc1. The Kier molecular flexibility index (Phi) is 5.61. The summed E-state index contributed by atoms with van der Waals surface area (Å²) in [5.41, 5.74) is 1.15. The topological polar surface area (TPSA) is 88.2 Å². The van der Waals surface area contributed by atoms with Crippen molar-refractivity contribution >= 4 is 15.9 Å². The maximum atomic E-state index is 12.2.